The number of piperidine rings is 1. The second kappa shape index (κ2) is 6.38. The summed E-state index contributed by atoms with van der Waals surface area (Å²) in [4.78, 5) is 18.4. The van der Waals surface area contributed by atoms with Crippen LogP contribution in [0.5, 0.6) is 0 Å². The summed E-state index contributed by atoms with van der Waals surface area (Å²) in [5, 5.41) is 10.4. The van der Waals surface area contributed by atoms with Gasteiger partial charge in [0.05, 0.1) is 5.60 Å². The summed E-state index contributed by atoms with van der Waals surface area (Å²) in [6, 6.07) is 0. The van der Waals surface area contributed by atoms with E-state index in [2.05, 4.69) is 11.9 Å². The molecule has 122 valence electrons. The predicted octanol–water partition coefficient (Wildman–Crippen LogP) is 0.978. The zero-order valence-corrected chi connectivity index (χ0v) is 13.2. The SMILES string of the molecule is CCc1nccn1CCC(=O)N1CC[C@@]2(CCCO2)[C@@H](O)C1. The third-order valence-electron chi connectivity index (χ3n) is 4.98. The number of aliphatic hydroxyl groups is 1. The molecule has 6 heteroatoms. The van der Waals surface area contributed by atoms with Gasteiger partial charge in [0.25, 0.3) is 0 Å². The number of aromatic nitrogens is 2. The van der Waals surface area contributed by atoms with Gasteiger partial charge in [-0.1, -0.05) is 6.92 Å². The van der Waals surface area contributed by atoms with E-state index in [1.165, 1.54) is 0 Å². The number of rotatable bonds is 4. The van der Waals surface area contributed by atoms with E-state index in [4.69, 9.17) is 4.74 Å². The monoisotopic (exact) mass is 307 g/mol. The summed E-state index contributed by atoms with van der Waals surface area (Å²) in [6.07, 6.45) is 7.09. The van der Waals surface area contributed by atoms with Crippen molar-refractivity contribution in [2.24, 2.45) is 0 Å². The van der Waals surface area contributed by atoms with E-state index < -0.39 is 11.7 Å². The van der Waals surface area contributed by atoms with Crippen LogP contribution in [0.4, 0.5) is 0 Å². The van der Waals surface area contributed by atoms with Gasteiger partial charge in [-0.2, -0.15) is 0 Å². The van der Waals surface area contributed by atoms with Crippen molar-refractivity contribution in [2.45, 2.75) is 57.3 Å². The van der Waals surface area contributed by atoms with Crippen LogP contribution < -0.4 is 0 Å². The number of imidazole rings is 1. The molecule has 3 heterocycles. The molecule has 1 aromatic heterocycles. The first kappa shape index (κ1) is 15.5. The molecule has 1 aromatic rings. The van der Waals surface area contributed by atoms with Gasteiger partial charge in [-0.15, -0.1) is 0 Å². The first-order valence-corrected chi connectivity index (χ1v) is 8.24. The van der Waals surface area contributed by atoms with E-state index in [9.17, 15) is 9.90 Å². The molecular weight excluding hydrogens is 282 g/mol. The maximum absolute atomic E-state index is 12.4. The number of amides is 1. The van der Waals surface area contributed by atoms with E-state index in [1.807, 2.05) is 10.8 Å². The van der Waals surface area contributed by atoms with Gasteiger partial charge in [0.15, 0.2) is 0 Å². The molecule has 0 bridgehead atoms. The Bertz CT molecular complexity index is 522. The second-order valence-corrected chi connectivity index (χ2v) is 6.26. The minimum absolute atomic E-state index is 0.0997. The average Bonchev–Trinajstić information content (AvgIpc) is 3.17. The lowest BCUT2D eigenvalue weighted by atomic mass is 9.86. The van der Waals surface area contributed by atoms with Crippen LogP contribution in [0.1, 0.15) is 38.4 Å². The van der Waals surface area contributed by atoms with E-state index in [1.54, 1.807) is 11.1 Å². The number of ether oxygens (including phenoxy) is 1. The first-order valence-electron chi connectivity index (χ1n) is 8.24. The minimum atomic E-state index is -0.563. The highest BCUT2D eigenvalue weighted by Gasteiger charge is 2.46. The van der Waals surface area contributed by atoms with Crippen LogP contribution in [0, 0.1) is 0 Å². The first-order chi connectivity index (χ1) is 10.6. The third-order valence-corrected chi connectivity index (χ3v) is 4.98. The van der Waals surface area contributed by atoms with Crippen molar-refractivity contribution in [3.05, 3.63) is 18.2 Å². The van der Waals surface area contributed by atoms with Crippen LogP contribution in [0.15, 0.2) is 12.4 Å². The topological polar surface area (TPSA) is 67.6 Å². The van der Waals surface area contributed by atoms with Crippen LogP contribution in [-0.4, -0.2) is 56.9 Å². The van der Waals surface area contributed by atoms with Gasteiger partial charge in [0.2, 0.25) is 5.91 Å². The Labute approximate surface area is 131 Å². The van der Waals surface area contributed by atoms with Gasteiger partial charge in [-0.25, -0.2) is 4.98 Å². The van der Waals surface area contributed by atoms with Crippen LogP contribution in [0.2, 0.25) is 0 Å². The fraction of sp³-hybridized carbons (Fsp3) is 0.750. The molecule has 0 saturated carbocycles. The molecule has 0 radical (unpaired) electrons. The summed E-state index contributed by atoms with van der Waals surface area (Å²) in [7, 11) is 0. The van der Waals surface area contributed by atoms with Crippen molar-refractivity contribution in [1.82, 2.24) is 14.5 Å². The van der Waals surface area contributed by atoms with Crippen molar-refractivity contribution in [1.29, 1.82) is 0 Å². The molecule has 2 fully saturated rings. The Balaban J connectivity index is 1.53. The average molecular weight is 307 g/mol. The molecule has 6 nitrogen and oxygen atoms in total. The van der Waals surface area contributed by atoms with Crippen molar-refractivity contribution in [2.75, 3.05) is 19.7 Å². The van der Waals surface area contributed by atoms with Crippen molar-refractivity contribution in [3.8, 4) is 0 Å². The molecule has 0 aromatic carbocycles. The zero-order chi connectivity index (χ0) is 15.6. The molecule has 1 spiro atoms. The molecule has 2 aliphatic rings. The summed E-state index contributed by atoms with van der Waals surface area (Å²) in [6.45, 7) is 4.51. The highest BCUT2D eigenvalue weighted by molar-refractivity contribution is 5.76. The highest BCUT2D eigenvalue weighted by atomic mass is 16.5. The van der Waals surface area contributed by atoms with E-state index in [0.717, 1.165) is 38.1 Å². The lowest BCUT2D eigenvalue weighted by Crippen LogP contribution is -2.56. The molecule has 1 N–H and O–H groups in total. The van der Waals surface area contributed by atoms with Gasteiger partial charge < -0.3 is 19.3 Å². The van der Waals surface area contributed by atoms with Crippen molar-refractivity contribution < 1.29 is 14.6 Å². The highest BCUT2D eigenvalue weighted by Crippen LogP contribution is 2.36. The summed E-state index contributed by atoms with van der Waals surface area (Å²) in [5.41, 5.74) is -0.392. The number of carbonyl (C=O) groups excluding carboxylic acids is 1. The van der Waals surface area contributed by atoms with Gasteiger partial charge >= 0.3 is 0 Å². The van der Waals surface area contributed by atoms with Crippen LogP contribution in [0.3, 0.4) is 0 Å². The number of carbonyl (C=O) groups is 1. The maximum Gasteiger partial charge on any atom is 0.224 e. The molecule has 2 aliphatic heterocycles. The standard InChI is InChI=1S/C16H25N3O3/c1-2-14-17-7-10-18(14)8-4-15(21)19-9-6-16(13(20)12-19)5-3-11-22-16/h7,10,13,20H,2-6,8-9,11-12H2,1H3/t13-,16-/m0/s1. The molecule has 22 heavy (non-hydrogen) atoms. The molecular formula is C16H25N3O3. The molecule has 1 amide bonds. The fourth-order valence-corrected chi connectivity index (χ4v) is 3.59. The maximum atomic E-state index is 12.4. The number of β-amino-alcohol motifs (C(OH)–C–C–N with tert-alkyl or cyclic N) is 1. The number of hydrogen-bond donors (Lipinski definition) is 1. The summed E-state index contributed by atoms with van der Waals surface area (Å²) in [5.74, 6) is 1.10. The Morgan fingerprint density at radius 2 is 2.41 bits per heavy atom. The number of hydrogen-bond acceptors (Lipinski definition) is 4. The fourth-order valence-electron chi connectivity index (χ4n) is 3.59. The van der Waals surface area contributed by atoms with Gasteiger partial charge in [-0.05, 0) is 19.3 Å². The molecule has 2 atom stereocenters. The van der Waals surface area contributed by atoms with E-state index in [-0.39, 0.29) is 5.91 Å². The van der Waals surface area contributed by atoms with Gasteiger partial charge in [-0.3, -0.25) is 4.79 Å². The number of aliphatic hydroxyl groups excluding tert-OH is 1. The summed E-state index contributed by atoms with van der Waals surface area (Å²) < 4.78 is 7.80. The largest absolute Gasteiger partial charge is 0.388 e. The van der Waals surface area contributed by atoms with Gasteiger partial charge in [0, 0.05) is 51.5 Å². The normalized spacial score (nSPS) is 28.5. The minimum Gasteiger partial charge on any atom is -0.388 e. The van der Waals surface area contributed by atoms with Crippen LogP contribution in [0.25, 0.3) is 0 Å². The Morgan fingerprint density at radius 3 is 3.09 bits per heavy atom. The van der Waals surface area contributed by atoms with Crippen molar-refractivity contribution >= 4 is 5.91 Å². The number of likely N-dealkylation sites (tertiary alicyclic amines) is 1. The lowest BCUT2D eigenvalue weighted by Gasteiger charge is -2.42. The van der Waals surface area contributed by atoms with Crippen molar-refractivity contribution in [3.63, 3.8) is 0 Å². The Hall–Kier alpha value is -1.40. The lowest BCUT2D eigenvalue weighted by molar-refractivity contribution is -0.152. The predicted molar refractivity (Wildman–Crippen MR) is 81.3 cm³/mol. The summed E-state index contributed by atoms with van der Waals surface area (Å²) >= 11 is 0. The van der Waals surface area contributed by atoms with Gasteiger partial charge in [0.1, 0.15) is 11.9 Å². The van der Waals surface area contributed by atoms with Crippen LogP contribution >= 0.6 is 0 Å². The molecule has 2 saturated heterocycles. The second-order valence-electron chi connectivity index (χ2n) is 6.26. The number of nitrogens with zero attached hydrogens (tertiary/aromatic N) is 3. The van der Waals surface area contributed by atoms with Crippen LogP contribution in [-0.2, 0) is 22.5 Å². The molecule has 3 rings (SSSR count). The Kier molecular flexibility index (Phi) is 4.49. The molecule has 0 unspecified atom stereocenters. The third kappa shape index (κ3) is 2.90. The Morgan fingerprint density at radius 1 is 1.55 bits per heavy atom. The zero-order valence-electron chi connectivity index (χ0n) is 13.2. The quantitative estimate of drug-likeness (QED) is 0.900. The smallest absolute Gasteiger partial charge is 0.224 e. The van der Waals surface area contributed by atoms with E-state index in [0.29, 0.717) is 26.1 Å². The molecule has 0 aliphatic carbocycles. The van der Waals surface area contributed by atoms with E-state index >= 15 is 0 Å². The number of aryl methyl sites for hydroxylation is 2.